The fourth-order valence-electron chi connectivity index (χ4n) is 5.22. The van der Waals surface area contributed by atoms with Crippen molar-refractivity contribution < 1.29 is 14.0 Å². The summed E-state index contributed by atoms with van der Waals surface area (Å²) in [6.45, 7) is 7.71. The summed E-state index contributed by atoms with van der Waals surface area (Å²) in [5, 5.41) is 3.22. The van der Waals surface area contributed by atoms with Gasteiger partial charge < -0.3 is 20.9 Å². The summed E-state index contributed by atoms with van der Waals surface area (Å²) in [5.74, 6) is -0.0684. The van der Waals surface area contributed by atoms with Crippen LogP contribution in [-0.2, 0) is 9.59 Å². The Hall–Kier alpha value is -2.19. The van der Waals surface area contributed by atoms with Gasteiger partial charge in [-0.3, -0.25) is 14.5 Å². The van der Waals surface area contributed by atoms with Crippen molar-refractivity contribution in [2.75, 3.05) is 50.7 Å². The first-order valence-corrected chi connectivity index (χ1v) is 11.4. The average Bonchev–Trinajstić information content (AvgIpc) is 3.08. The molecule has 2 atom stereocenters. The maximum absolute atomic E-state index is 13.1. The number of anilines is 1. The second-order valence-corrected chi connectivity index (χ2v) is 9.36. The van der Waals surface area contributed by atoms with Crippen LogP contribution in [0.1, 0.15) is 32.6 Å². The highest BCUT2D eigenvalue weighted by Gasteiger charge is 2.48. The van der Waals surface area contributed by atoms with Gasteiger partial charge in [-0.1, -0.05) is 0 Å². The molecule has 3 aliphatic heterocycles. The fraction of sp³-hybridized carbons (Fsp3) is 0.652. The molecule has 8 heteroatoms. The summed E-state index contributed by atoms with van der Waals surface area (Å²) in [6, 6.07) is 6.42. The van der Waals surface area contributed by atoms with Crippen molar-refractivity contribution in [3.8, 4) is 0 Å². The lowest BCUT2D eigenvalue weighted by atomic mass is 9.75. The molecule has 0 aromatic heterocycles. The summed E-state index contributed by atoms with van der Waals surface area (Å²) in [5.41, 5.74) is 6.48. The third-order valence-electron chi connectivity index (χ3n) is 7.23. The Kier molecular flexibility index (Phi) is 6.48. The van der Waals surface area contributed by atoms with E-state index in [1.807, 2.05) is 12.1 Å². The normalized spacial score (nSPS) is 25.0. The van der Waals surface area contributed by atoms with Gasteiger partial charge >= 0.3 is 0 Å². The second kappa shape index (κ2) is 9.12. The van der Waals surface area contributed by atoms with Gasteiger partial charge in [-0.2, -0.15) is 0 Å². The van der Waals surface area contributed by atoms with Crippen LogP contribution >= 0.6 is 0 Å². The van der Waals surface area contributed by atoms with E-state index in [4.69, 9.17) is 5.73 Å². The van der Waals surface area contributed by atoms with Crippen molar-refractivity contribution in [3.63, 3.8) is 0 Å². The lowest BCUT2D eigenvalue weighted by molar-refractivity contribution is -0.139. The zero-order valence-corrected chi connectivity index (χ0v) is 18.4. The number of piperidine rings is 1. The Bertz CT molecular complexity index is 784. The van der Waals surface area contributed by atoms with E-state index in [9.17, 15) is 14.0 Å². The quantitative estimate of drug-likeness (QED) is 0.732. The van der Waals surface area contributed by atoms with Gasteiger partial charge in [0.15, 0.2) is 0 Å². The summed E-state index contributed by atoms with van der Waals surface area (Å²) < 4.78 is 13.1. The van der Waals surface area contributed by atoms with Crippen molar-refractivity contribution in [3.05, 3.63) is 30.1 Å². The molecule has 3 fully saturated rings. The lowest BCUT2D eigenvalue weighted by Gasteiger charge is -2.38. The predicted octanol–water partition coefficient (Wildman–Crippen LogP) is 1.18. The molecule has 0 bridgehead atoms. The number of rotatable bonds is 5. The zero-order valence-electron chi connectivity index (χ0n) is 18.4. The molecule has 3 aliphatic rings. The minimum atomic E-state index is -0.484. The number of nitrogens with two attached hydrogens (primary N) is 1. The smallest absolute Gasteiger partial charge is 0.239 e. The number of nitrogens with zero attached hydrogens (tertiary/aromatic N) is 3. The lowest BCUT2D eigenvalue weighted by Crippen LogP contribution is -2.50. The summed E-state index contributed by atoms with van der Waals surface area (Å²) in [7, 11) is 0. The molecule has 31 heavy (non-hydrogen) atoms. The molecule has 4 rings (SSSR count). The second-order valence-electron chi connectivity index (χ2n) is 9.36. The van der Waals surface area contributed by atoms with E-state index in [0.717, 1.165) is 64.1 Å². The van der Waals surface area contributed by atoms with Crippen LogP contribution in [0, 0.1) is 11.2 Å². The molecule has 1 aromatic rings. The Balaban J connectivity index is 1.22. The van der Waals surface area contributed by atoms with Crippen molar-refractivity contribution in [2.24, 2.45) is 11.1 Å². The van der Waals surface area contributed by atoms with Gasteiger partial charge in [0.2, 0.25) is 11.8 Å². The van der Waals surface area contributed by atoms with E-state index in [2.05, 4.69) is 15.1 Å². The van der Waals surface area contributed by atoms with Crippen molar-refractivity contribution in [2.45, 2.75) is 44.7 Å². The molecule has 0 saturated carbocycles. The molecular formula is C23H34FN5O2. The van der Waals surface area contributed by atoms with Gasteiger partial charge in [0.05, 0.1) is 11.5 Å². The molecule has 0 aliphatic carbocycles. The number of carbonyl (C=O) groups excluding carboxylic acids is 2. The average molecular weight is 432 g/mol. The number of amides is 2. The molecule has 1 unspecified atom stereocenters. The van der Waals surface area contributed by atoms with Gasteiger partial charge in [-0.05, 0) is 56.9 Å². The van der Waals surface area contributed by atoms with Crippen molar-refractivity contribution in [1.29, 1.82) is 0 Å². The predicted molar refractivity (Wildman–Crippen MR) is 118 cm³/mol. The molecule has 3 saturated heterocycles. The first-order chi connectivity index (χ1) is 14.9. The number of likely N-dealkylation sites (tertiary alicyclic amines) is 1. The van der Waals surface area contributed by atoms with Crippen LogP contribution in [0.25, 0.3) is 0 Å². The minimum Gasteiger partial charge on any atom is -0.369 e. The van der Waals surface area contributed by atoms with E-state index in [0.29, 0.717) is 13.1 Å². The van der Waals surface area contributed by atoms with Gasteiger partial charge in [0.25, 0.3) is 0 Å². The van der Waals surface area contributed by atoms with Gasteiger partial charge in [0.1, 0.15) is 5.82 Å². The Morgan fingerprint density at radius 3 is 2.42 bits per heavy atom. The summed E-state index contributed by atoms with van der Waals surface area (Å²) >= 11 is 0. The van der Waals surface area contributed by atoms with Crippen LogP contribution in [-0.4, -0.2) is 79.5 Å². The molecule has 7 nitrogen and oxygen atoms in total. The largest absolute Gasteiger partial charge is 0.369 e. The molecule has 3 N–H and O–H groups in total. The van der Waals surface area contributed by atoms with Gasteiger partial charge in [-0.15, -0.1) is 0 Å². The third-order valence-corrected chi connectivity index (χ3v) is 7.23. The van der Waals surface area contributed by atoms with Crippen molar-refractivity contribution in [1.82, 2.24) is 15.1 Å². The summed E-state index contributed by atoms with van der Waals surface area (Å²) in [4.78, 5) is 31.4. The summed E-state index contributed by atoms with van der Waals surface area (Å²) in [6.07, 6.45) is 3.27. The Morgan fingerprint density at radius 1 is 1.16 bits per heavy atom. The van der Waals surface area contributed by atoms with Gasteiger partial charge in [0, 0.05) is 57.5 Å². The molecule has 1 spiro atoms. The maximum Gasteiger partial charge on any atom is 0.239 e. The van der Waals surface area contributed by atoms with Crippen LogP contribution in [0.5, 0.6) is 0 Å². The van der Waals surface area contributed by atoms with E-state index in [1.54, 1.807) is 11.8 Å². The molecule has 2 amide bonds. The zero-order chi connectivity index (χ0) is 22.0. The first-order valence-electron chi connectivity index (χ1n) is 11.4. The Labute approximate surface area is 183 Å². The number of hydrogen-bond donors (Lipinski definition) is 2. The highest BCUT2D eigenvalue weighted by Crippen LogP contribution is 2.41. The standard InChI is InChI=1S/C23H34FN5O2/c1-17(25)21(30)29-10-7-23(8-11-29)16-19(26-22(23)31)6-9-27-12-14-28(15-13-27)20-4-2-18(24)3-5-20/h2-5,17,19H,6-16,25H2,1H3,(H,26,31)/t17?,19-/m0/s1. The number of carbonyl (C=O) groups is 2. The molecule has 1 aromatic carbocycles. The van der Waals surface area contributed by atoms with Gasteiger partial charge in [-0.25, -0.2) is 4.39 Å². The molecule has 170 valence electrons. The van der Waals surface area contributed by atoms with E-state index in [1.165, 1.54) is 12.1 Å². The number of benzene rings is 1. The van der Waals surface area contributed by atoms with Crippen LogP contribution in [0.4, 0.5) is 10.1 Å². The van der Waals surface area contributed by atoms with Crippen LogP contribution < -0.4 is 16.0 Å². The number of nitrogens with one attached hydrogen (secondary N) is 1. The third kappa shape index (κ3) is 4.85. The maximum atomic E-state index is 13.1. The number of halogens is 1. The number of piperazine rings is 1. The van der Waals surface area contributed by atoms with Crippen molar-refractivity contribution >= 4 is 17.5 Å². The topological polar surface area (TPSA) is 81.9 Å². The minimum absolute atomic E-state index is 0.0235. The Morgan fingerprint density at radius 2 is 1.81 bits per heavy atom. The fourth-order valence-corrected chi connectivity index (χ4v) is 5.22. The SMILES string of the molecule is CC(N)C(=O)N1CCC2(CC1)C[C@H](CCN1CCN(c3ccc(F)cc3)CC1)NC2=O. The molecular weight excluding hydrogens is 397 g/mol. The first kappa shape index (κ1) is 22.0. The van der Waals surface area contributed by atoms with Crippen LogP contribution in [0.3, 0.4) is 0 Å². The van der Waals surface area contributed by atoms with E-state index < -0.39 is 6.04 Å². The number of hydrogen-bond acceptors (Lipinski definition) is 5. The van der Waals surface area contributed by atoms with Crippen LogP contribution in [0.2, 0.25) is 0 Å². The monoisotopic (exact) mass is 431 g/mol. The highest BCUT2D eigenvalue weighted by atomic mass is 19.1. The molecule has 3 heterocycles. The van der Waals surface area contributed by atoms with E-state index >= 15 is 0 Å². The van der Waals surface area contributed by atoms with E-state index in [-0.39, 0.29) is 29.1 Å². The van der Waals surface area contributed by atoms with Crippen LogP contribution in [0.15, 0.2) is 24.3 Å². The molecule has 0 radical (unpaired) electrons. The highest BCUT2D eigenvalue weighted by molar-refractivity contribution is 5.86.